The number of carbonyl (C=O) groups excluding carboxylic acids is 1. The van der Waals surface area contributed by atoms with E-state index in [1.807, 2.05) is 49.2 Å². The third-order valence-corrected chi connectivity index (χ3v) is 6.22. The first-order chi connectivity index (χ1) is 16.4. The Kier molecular flexibility index (Phi) is 6.95. The summed E-state index contributed by atoms with van der Waals surface area (Å²) in [5, 5.41) is 3.10. The van der Waals surface area contributed by atoms with Crippen LogP contribution in [0.25, 0.3) is 0 Å². The molecule has 1 amide bonds. The molecule has 1 aliphatic rings. The van der Waals surface area contributed by atoms with Crippen LogP contribution in [-0.4, -0.2) is 53.0 Å². The molecule has 1 aromatic carbocycles. The van der Waals surface area contributed by atoms with Crippen molar-refractivity contribution in [2.75, 3.05) is 32.6 Å². The molecule has 1 aliphatic heterocycles. The highest BCUT2D eigenvalue weighted by Gasteiger charge is 2.37. The maximum atomic E-state index is 13.7. The van der Waals surface area contributed by atoms with E-state index in [0.717, 1.165) is 30.0 Å². The normalized spacial score (nSPS) is 17.8. The number of ether oxygens (including phenoxy) is 2. The van der Waals surface area contributed by atoms with E-state index in [-0.39, 0.29) is 17.9 Å². The van der Waals surface area contributed by atoms with Gasteiger partial charge in [-0.1, -0.05) is 19.1 Å². The van der Waals surface area contributed by atoms with Crippen molar-refractivity contribution in [1.29, 1.82) is 0 Å². The minimum absolute atomic E-state index is 0.0829. The van der Waals surface area contributed by atoms with Gasteiger partial charge in [0.25, 0.3) is 5.91 Å². The second-order valence-corrected chi connectivity index (χ2v) is 8.77. The van der Waals surface area contributed by atoms with Gasteiger partial charge in [-0.2, -0.15) is 0 Å². The van der Waals surface area contributed by atoms with Gasteiger partial charge in [0.2, 0.25) is 0 Å². The Bertz CT molecular complexity index is 1150. The Morgan fingerprint density at radius 3 is 2.79 bits per heavy atom. The first kappa shape index (κ1) is 23.5. The lowest BCUT2D eigenvalue weighted by Crippen LogP contribution is -2.47. The summed E-state index contributed by atoms with van der Waals surface area (Å²) in [4.78, 5) is 29.1. The van der Waals surface area contributed by atoms with E-state index in [4.69, 9.17) is 14.5 Å². The van der Waals surface area contributed by atoms with Crippen LogP contribution in [-0.2, 0) is 12.0 Å². The molecule has 3 heterocycles. The minimum Gasteiger partial charge on any atom is -0.493 e. The summed E-state index contributed by atoms with van der Waals surface area (Å²) in [5.74, 6) is 2.37. The largest absolute Gasteiger partial charge is 0.493 e. The van der Waals surface area contributed by atoms with Crippen molar-refractivity contribution >= 4 is 11.7 Å². The SMILES string of the molecule is CNc1cc([C@]2(C)CCCN(C(=O)c3cccc(OC)c3OCc3ccccn3)C2)nc(C)n1. The van der Waals surface area contributed by atoms with Crippen LogP contribution in [0.5, 0.6) is 11.5 Å². The smallest absolute Gasteiger partial charge is 0.257 e. The predicted octanol–water partition coefficient (Wildman–Crippen LogP) is 4.00. The summed E-state index contributed by atoms with van der Waals surface area (Å²) in [6, 6.07) is 13.0. The van der Waals surface area contributed by atoms with E-state index in [2.05, 4.69) is 22.2 Å². The zero-order valence-electron chi connectivity index (χ0n) is 20.2. The zero-order valence-corrected chi connectivity index (χ0v) is 20.2. The molecule has 1 fully saturated rings. The van der Waals surface area contributed by atoms with Crippen molar-refractivity contribution in [3.8, 4) is 11.5 Å². The molecule has 1 atom stereocenters. The number of hydrogen-bond acceptors (Lipinski definition) is 7. The van der Waals surface area contributed by atoms with Crippen LogP contribution in [0.15, 0.2) is 48.7 Å². The van der Waals surface area contributed by atoms with Gasteiger partial charge < -0.3 is 19.7 Å². The van der Waals surface area contributed by atoms with Crippen LogP contribution in [0.1, 0.15) is 47.3 Å². The van der Waals surface area contributed by atoms with E-state index in [9.17, 15) is 4.79 Å². The fourth-order valence-corrected chi connectivity index (χ4v) is 4.42. The minimum atomic E-state index is -0.277. The molecule has 0 saturated carbocycles. The fourth-order valence-electron chi connectivity index (χ4n) is 4.42. The molecule has 3 aromatic rings. The number of aromatic nitrogens is 3. The molecule has 34 heavy (non-hydrogen) atoms. The summed E-state index contributed by atoms with van der Waals surface area (Å²) < 4.78 is 11.6. The summed E-state index contributed by atoms with van der Waals surface area (Å²) >= 11 is 0. The Balaban J connectivity index is 1.60. The third-order valence-electron chi connectivity index (χ3n) is 6.22. The Hall–Kier alpha value is -3.68. The van der Waals surface area contributed by atoms with Crippen molar-refractivity contribution in [1.82, 2.24) is 19.9 Å². The van der Waals surface area contributed by atoms with Gasteiger partial charge in [-0.25, -0.2) is 9.97 Å². The number of pyridine rings is 1. The number of methoxy groups -OCH3 is 1. The summed E-state index contributed by atoms with van der Waals surface area (Å²) in [5.41, 5.74) is 1.92. The number of likely N-dealkylation sites (tertiary alicyclic amines) is 1. The number of carbonyl (C=O) groups is 1. The molecule has 1 saturated heterocycles. The predicted molar refractivity (Wildman–Crippen MR) is 130 cm³/mol. The quantitative estimate of drug-likeness (QED) is 0.569. The van der Waals surface area contributed by atoms with Crippen LogP contribution in [0, 0.1) is 6.92 Å². The van der Waals surface area contributed by atoms with Gasteiger partial charge in [-0.3, -0.25) is 9.78 Å². The molecule has 0 spiro atoms. The number of aryl methyl sites for hydroxylation is 1. The van der Waals surface area contributed by atoms with Crippen molar-refractivity contribution in [2.24, 2.45) is 0 Å². The standard InChI is InChI=1S/C26H31N5O3/c1-18-29-22(15-23(27-3)30-18)26(2)12-8-14-31(17-26)25(32)20-10-7-11-21(33-4)24(20)34-16-19-9-5-6-13-28-19/h5-7,9-11,13,15H,8,12,14,16-17H2,1-4H3,(H,27,29,30)/t26-/m1/s1. The van der Waals surface area contributed by atoms with Crippen LogP contribution in [0.3, 0.4) is 0 Å². The summed E-state index contributed by atoms with van der Waals surface area (Å²) in [7, 11) is 3.42. The Labute approximate surface area is 200 Å². The molecule has 8 nitrogen and oxygen atoms in total. The Morgan fingerprint density at radius 1 is 1.21 bits per heavy atom. The maximum Gasteiger partial charge on any atom is 0.257 e. The number of nitrogens with zero attached hydrogens (tertiary/aromatic N) is 4. The molecule has 178 valence electrons. The number of nitrogens with one attached hydrogen (secondary N) is 1. The number of hydrogen-bond donors (Lipinski definition) is 1. The number of amides is 1. The second kappa shape index (κ2) is 10.1. The molecule has 0 aliphatic carbocycles. The van der Waals surface area contributed by atoms with Gasteiger partial charge in [-0.15, -0.1) is 0 Å². The lowest BCUT2D eigenvalue weighted by atomic mass is 9.78. The maximum absolute atomic E-state index is 13.7. The molecular weight excluding hydrogens is 430 g/mol. The highest BCUT2D eigenvalue weighted by molar-refractivity contribution is 5.98. The second-order valence-electron chi connectivity index (χ2n) is 8.77. The number of rotatable bonds is 7. The number of para-hydroxylation sites is 1. The van der Waals surface area contributed by atoms with E-state index in [1.165, 1.54) is 0 Å². The fraction of sp³-hybridized carbons (Fsp3) is 0.385. The van der Waals surface area contributed by atoms with Crippen molar-refractivity contribution in [3.05, 3.63) is 71.4 Å². The van der Waals surface area contributed by atoms with E-state index < -0.39 is 0 Å². The van der Waals surface area contributed by atoms with E-state index >= 15 is 0 Å². The van der Waals surface area contributed by atoms with Gasteiger partial charge >= 0.3 is 0 Å². The van der Waals surface area contributed by atoms with Gasteiger partial charge in [0, 0.05) is 37.8 Å². The molecule has 0 unspecified atom stereocenters. The molecule has 4 rings (SSSR count). The molecule has 1 N–H and O–H groups in total. The van der Waals surface area contributed by atoms with E-state index in [0.29, 0.717) is 36.0 Å². The average Bonchev–Trinajstić information content (AvgIpc) is 2.87. The highest BCUT2D eigenvalue weighted by atomic mass is 16.5. The van der Waals surface area contributed by atoms with E-state index in [1.54, 1.807) is 25.4 Å². The lowest BCUT2D eigenvalue weighted by molar-refractivity contribution is 0.0642. The van der Waals surface area contributed by atoms with Crippen molar-refractivity contribution < 1.29 is 14.3 Å². The molecular formula is C26H31N5O3. The number of piperidine rings is 1. The van der Waals surface area contributed by atoms with Gasteiger partial charge in [0.15, 0.2) is 11.5 Å². The molecule has 0 radical (unpaired) electrons. The highest BCUT2D eigenvalue weighted by Crippen LogP contribution is 2.37. The molecule has 2 aromatic heterocycles. The van der Waals surface area contributed by atoms with Crippen LogP contribution in [0.4, 0.5) is 5.82 Å². The molecule has 8 heteroatoms. The number of benzene rings is 1. The van der Waals surface area contributed by atoms with Crippen LogP contribution in [0.2, 0.25) is 0 Å². The van der Waals surface area contributed by atoms with Crippen molar-refractivity contribution in [2.45, 2.75) is 38.7 Å². The lowest BCUT2D eigenvalue weighted by Gasteiger charge is -2.40. The molecule has 0 bridgehead atoms. The van der Waals surface area contributed by atoms with Crippen molar-refractivity contribution in [3.63, 3.8) is 0 Å². The van der Waals surface area contributed by atoms with Gasteiger partial charge in [-0.05, 0) is 44.0 Å². The summed E-state index contributed by atoms with van der Waals surface area (Å²) in [6.45, 7) is 5.53. The average molecular weight is 462 g/mol. The Morgan fingerprint density at radius 2 is 2.06 bits per heavy atom. The van der Waals surface area contributed by atoms with Crippen LogP contribution >= 0.6 is 0 Å². The monoisotopic (exact) mass is 461 g/mol. The first-order valence-corrected chi connectivity index (χ1v) is 11.5. The van der Waals surface area contributed by atoms with Crippen LogP contribution < -0.4 is 14.8 Å². The van der Waals surface area contributed by atoms with Gasteiger partial charge in [0.05, 0.1) is 24.1 Å². The first-order valence-electron chi connectivity index (χ1n) is 11.5. The summed E-state index contributed by atoms with van der Waals surface area (Å²) in [6.07, 6.45) is 3.54. The number of anilines is 1. The topological polar surface area (TPSA) is 89.5 Å². The van der Waals surface area contributed by atoms with Gasteiger partial charge in [0.1, 0.15) is 18.2 Å². The zero-order chi connectivity index (χ0) is 24.1. The third kappa shape index (κ3) is 4.95.